The fourth-order valence-corrected chi connectivity index (χ4v) is 1.65. The molecule has 0 fully saturated rings. The lowest BCUT2D eigenvalue weighted by Crippen LogP contribution is -2.12. The van der Waals surface area contributed by atoms with Gasteiger partial charge in [-0.25, -0.2) is 9.18 Å². The number of hydrogen-bond acceptors (Lipinski definition) is 3. The van der Waals surface area contributed by atoms with Gasteiger partial charge in [0.15, 0.2) is 11.6 Å². The van der Waals surface area contributed by atoms with E-state index in [1.54, 1.807) is 12.1 Å². The highest BCUT2D eigenvalue weighted by Gasteiger charge is 2.18. The van der Waals surface area contributed by atoms with Crippen LogP contribution in [-0.2, 0) is 0 Å². The van der Waals surface area contributed by atoms with Crippen molar-refractivity contribution in [3.05, 3.63) is 59.4 Å². The van der Waals surface area contributed by atoms with Crippen molar-refractivity contribution in [2.75, 3.05) is 0 Å². The third kappa shape index (κ3) is 2.59. The smallest absolute Gasteiger partial charge is 0.339 e. The van der Waals surface area contributed by atoms with Crippen molar-refractivity contribution in [3.63, 3.8) is 0 Å². The lowest BCUT2D eigenvalue weighted by molar-refractivity contribution is 0.0693. The minimum absolute atomic E-state index is 0.00685. The topological polar surface area (TPSA) is 89.6 Å². The number of carboxylic acids is 1. The molecule has 2 aromatic rings. The van der Waals surface area contributed by atoms with Gasteiger partial charge in [-0.2, -0.15) is 0 Å². The fourth-order valence-electron chi connectivity index (χ4n) is 1.65. The summed E-state index contributed by atoms with van der Waals surface area (Å²) in [4.78, 5) is 22.3. The molecule has 3 N–H and O–H groups in total. The standard InChI is InChI=1S/C14H10FNO4/c15-10-6-3-5-9(14(18)19)12(10)20-11-7-2-1-4-8(11)13(16)17/h1-7H,(H2,16,17)(H,18,19). The number of rotatable bonds is 4. The molecule has 0 radical (unpaired) electrons. The number of carbonyl (C=O) groups is 2. The number of nitrogens with two attached hydrogens (primary N) is 1. The molecule has 0 bridgehead atoms. The zero-order chi connectivity index (χ0) is 14.7. The van der Waals surface area contributed by atoms with Crippen molar-refractivity contribution in [2.24, 2.45) is 5.73 Å². The third-order valence-corrected chi connectivity index (χ3v) is 2.56. The number of amides is 1. The van der Waals surface area contributed by atoms with Crippen LogP contribution in [0.25, 0.3) is 0 Å². The summed E-state index contributed by atoms with van der Waals surface area (Å²) in [6.45, 7) is 0. The molecule has 6 heteroatoms. The van der Waals surface area contributed by atoms with E-state index in [4.69, 9.17) is 15.6 Å². The van der Waals surface area contributed by atoms with Gasteiger partial charge in [0.2, 0.25) is 0 Å². The lowest BCUT2D eigenvalue weighted by Gasteiger charge is -2.11. The van der Waals surface area contributed by atoms with Crippen LogP contribution in [0.4, 0.5) is 4.39 Å². The molecule has 0 spiro atoms. The van der Waals surface area contributed by atoms with Crippen molar-refractivity contribution in [1.82, 2.24) is 0 Å². The predicted molar refractivity (Wildman–Crippen MR) is 68.4 cm³/mol. The number of aromatic carboxylic acids is 1. The molecular formula is C14H10FNO4. The molecule has 20 heavy (non-hydrogen) atoms. The van der Waals surface area contributed by atoms with Gasteiger partial charge in [-0.1, -0.05) is 18.2 Å². The molecule has 1 amide bonds. The van der Waals surface area contributed by atoms with E-state index in [-0.39, 0.29) is 16.9 Å². The molecule has 2 rings (SSSR count). The summed E-state index contributed by atoms with van der Waals surface area (Å²) in [6, 6.07) is 9.44. The first-order chi connectivity index (χ1) is 9.50. The summed E-state index contributed by atoms with van der Waals surface area (Å²) >= 11 is 0. The van der Waals surface area contributed by atoms with E-state index in [2.05, 4.69) is 0 Å². The summed E-state index contributed by atoms with van der Waals surface area (Å²) in [6.07, 6.45) is 0. The van der Waals surface area contributed by atoms with E-state index in [1.165, 1.54) is 24.3 Å². The maximum absolute atomic E-state index is 13.7. The summed E-state index contributed by atoms with van der Waals surface area (Å²) in [7, 11) is 0. The monoisotopic (exact) mass is 275 g/mol. The number of benzene rings is 2. The van der Waals surface area contributed by atoms with Crippen molar-refractivity contribution in [3.8, 4) is 11.5 Å². The van der Waals surface area contributed by atoms with Gasteiger partial charge < -0.3 is 15.6 Å². The highest BCUT2D eigenvalue weighted by molar-refractivity contribution is 5.96. The number of carboxylic acid groups (broad SMARTS) is 1. The molecular weight excluding hydrogens is 265 g/mol. The predicted octanol–water partition coefficient (Wildman–Crippen LogP) is 2.42. The van der Waals surface area contributed by atoms with Gasteiger partial charge in [0.25, 0.3) is 5.91 Å². The van der Waals surface area contributed by atoms with E-state index in [0.29, 0.717) is 0 Å². The summed E-state index contributed by atoms with van der Waals surface area (Å²) < 4.78 is 19.0. The van der Waals surface area contributed by atoms with Gasteiger partial charge in [-0.3, -0.25) is 4.79 Å². The molecule has 2 aromatic carbocycles. The van der Waals surface area contributed by atoms with Gasteiger partial charge in [-0.15, -0.1) is 0 Å². The van der Waals surface area contributed by atoms with Crippen LogP contribution in [0.5, 0.6) is 11.5 Å². The highest BCUT2D eigenvalue weighted by Crippen LogP contribution is 2.30. The number of carbonyl (C=O) groups excluding carboxylic acids is 1. The van der Waals surface area contributed by atoms with Crippen LogP contribution in [0.15, 0.2) is 42.5 Å². The van der Waals surface area contributed by atoms with Crippen molar-refractivity contribution in [2.45, 2.75) is 0 Å². The summed E-state index contributed by atoms with van der Waals surface area (Å²) in [5.74, 6) is -3.41. The molecule has 0 heterocycles. The third-order valence-electron chi connectivity index (χ3n) is 2.56. The second-order valence-electron chi connectivity index (χ2n) is 3.88. The molecule has 5 nitrogen and oxygen atoms in total. The Hall–Kier alpha value is -2.89. The first-order valence-corrected chi connectivity index (χ1v) is 5.59. The van der Waals surface area contributed by atoms with Crippen molar-refractivity contribution in [1.29, 1.82) is 0 Å². The SMILES string of the molecule is NC(=O)c1ccccc1Oc1c(F)cccc1C(=O)O. The van der Waals surface area contributed by atoms with E-state index in [9.17, 15) is 14.0 Å². The Balaban J connectivity index is 2.51. The van der Waals surface area contributed by atoms with Crippen LogP contribution >= 0.6 is 0 Å². The highest BCUT2D eigenvalue weighted by atomic mass is 19.1. The molecule has 0 aliphatic rings. The summed E-state index contributed by atoms with van der Waals surface area (Å²) in [5.41, 5.74) is 4.87. The van der Waals surface area contributed by atoms with Crippen LogP contribution < -0.4 is 10.5 Å². The molecule has 0 aromatic heterocycles. The van der Waals surface area contributed by atoms with Gasteiger partial charge in [0, 0.05) is 0 Å². The molecule has 0 unspecified atom stereocenters. The number of hydrogen-bond donors (Lipinski definition) is 2. The number of ether oxygens (including phenoxy) is 1. The van der Waals surface area contributed by atoms with Gasteiger partial charge in [-0.05, 0) is 24.3 Å². The minimum atomic E-state index is -1.34. The van der Waals surface area contributed by atoms with E-state index in [1.807, 2.05) is 0 Å². The van der Waals surface area contributed by atoms with E-state index in [0.717, 1.165) is 6.07 Å². The largest absolute Gasteiger partial charge is 0.478 e. The van der Waals surface area contributed by atoms with Gasteiger partial charge in [0.1, 0.15) is 11.3 Å². The van der Waals surface area contributed by atoms with Crippen LogP contribution in [0.3, 0.4) is 0 Å². The van der Waals surface area contributed by atoms with E-state index >= 15 is 0 Å². The fraction of sp³-hybridized carbons (Fsp3) is 0. The maximum atomic E-state index is 13.7. The number of primary amides is 1. The molecule has 0 saturated carbocycles. The molecule has 0 saturated heterocycles. The Morgan fingerprint density at radius 1 is 1.05 bits per heavy atom. The quantitative estimate of drug-likeness (QED) is 0.896. The zero-order valence-electron chi connectivity index (χ0n) is 10.2. The molecule has 0 atom stereocenters. The van der Waals surface area contributed by atoms with Crippen LogP contribution in [0, 0.1) is 5.82 Å². The Labute approximate surface area is 113 Å². The second kappa shape index (κ2) is 5.40. The van der Waals surface area contributed by atoms with Crippen molar-refractivity contribution >= 4 is 11.9 Å². The lowest BCUT2D eigenvalue weighted by atomic mass is 10.1. The Morgan fingerprint density at radius 2 is 1.70 bits per heavy atom. The number of para-hydroxylation sites is 2. The zero-order valence-corrected chi connectivity index (χ0v) is 10.2. The van der Waals surface area contributed by atoms with Gasteiger partial charge >= 0.3 is 5.97 Å². The summed E-state index contributed by atoms with van der Waals surface area (Å²) in [5, 5.41) is 9.01. The Morgan fingerprint density at radius 3 is 2.35 bits per heavy atom. The van der Waals surface area contributed by atoms with Crippen molar-refractivity contribution < 1.29 is 23.8 Å². The number of halogens is 1. The van der Waals surface area contributed by atoms with Crippen LogP contribution in [0.1, 0.15) is 20.7 Å². The normalized spacial score (nSPS) is 10.1. The molecule has 0 aliphatic carbocycles. The van der Waals surface area contributed by atoms with Crippen LogP contribution in [-0.4, -0.2) is 17.0 Å². The van der Waals surface area contributed by atoms with Gasteiger partial charge in [0.05, 0.1) is 5.56 Å². The average molecular weight is 275 g/mol. The minimum Gasteiger partial charge on any atom is -0.478 e. The average Bonchev–Trinajstić information content (AvgIpc) is 2.41. The first-order valence-electron chi connectivity index (χ1n) is 5.59. The van der Waals surface area contributed by atoms with Crippen LogP contribution in [0.2, 0.25) is 0 Å². The Bertz CT molecular complexity index is 685. The second-order valence-corrected chi connectivity index (χ2v) is 3.88. The molecule has 102 valence electrons. The van der Waals surface area contributed by atoms with E-state index < -0.39 is 23.4 Å². The maximum Gasteiger partial charge on any atom is 0.339 e. The molecule has 0 aliphatic heterocycles. The first kappa shape index (κ1) is 13.5. The Kier molecular flexibility index (Phi) is 3.65.